The Morgan fingerprint density at radius 1 is 1.03 bits per heavy atom. The molecule has 1 aliphatic carbocycles. The van der Waals surface area contributed by atoms with Crippen molar-refractivity contribution in [3.63, 3.8) is 0 Å². The molecule has 2 aromatic rings. The van der Waals surface area contributed by atoms with Gasteiger partial charge in [-0.15, -0.1) is 0 Å². The maximum absolute atomic E-state index is 12.9. The molecule has 0 bridgehead atoms. The minimum atomic E-state index is -1.49. The van der Waals surface area contributed by atoms with Crippen LogP contribution in [0.3, 0.4) is 0 Å². The summed E-state index contributed by atoms with van der Waals surface area (Å²) in [7, 11) is 0. The summed E-state index contributed by atoms with van der Waals surface area (Å²) in [6.07, 6.45) is -0.727. The second-order valence-electron chi connectivity index (χ2n) is 7.80. The number of carboxylic acid groups (broad SMARTS) is 1. The van der Waals surface area contributed by atoms with E-state index in [4.69, 9.17) is 4.74 Å². The third-order valence-corrected chi connectivity index (χ3v) is 5.46. The van der Waals surface area contributed by atoms with Gasteiger partial charge >= 0.3 is 12.1 Å². The SMILES string of the molecule is CC(=O)NCCN(C(=O)OCC1c2ccccc2-c2ccccc21)C(C)(C)C(=O)O. The normalized spacial score (nSPS) is 12.6. The molecule has 2 N–H and O–H groups in total. The topological polar surface area (TPSA) is 95.9 Å². The van der Waals surface area contributed by atoms with Crippen LogP contribution in [0.2, 0.25) is 0 Å². The quantitative estimate of drug-likeness (QED) is 0.731. The lowest BCUT2D eigenvalue weighted by atomic mass is 9.98. The predicted molar refractivity (Wildman–Crippen MR) is 112 cm³/mol. The molecule has 0 fully saturated rings. The van der Waals surface area contributed by atoms with Gasteiger partial charge in [-0.3, -0.25) is 9.69 Å². The number of fused-ring (bicyclic) bond motifs is 3. The molecule has 0 radical (unpaired) electrons. The van der Waals surface area contributed by atoms with Crippen LogP contribution in [0.25, 0.3) is 11.1 Å². The first kappa shape index (κ1) is 21.4. The van der Waals surface area contributed by atoms with Crippen LogP contribution in [0, 0.1) is 0 Å². The summed E-state index contributed by atoms with van der Waals surface area (Å²) in [5.74, 6) is -1.53. The number of nitrogens with zero attached hydrogens (tertiary/aromatic N) is 1. The van der Waals surface area contributed by atoms with E-state index in [-0.39, 0.29) is 31.5 Å². The fourth-order valence-corrected chi connectivity index (χ4v) is 3.73. The van der Waals surface area contributed by atoms with Crippen LogP contribution in [0.15, 0.2) is 48.5 Å². The minimum absolute atomic E-state index is 0.0234. The van der Waals surface area contributed by atoms with Gasteiger partial charge in [0.15, 0.2) is 0 Å². The molecule has 0 saturated carbocycles. The van der Waals surface area contributed by atoms with Crippen LogP contribution in [-0.4, -0.2) is 53.2 Å². The second-order valence-corrected chi connectivity index (χ2v) is 7.80. The number of benzene rings is 2. The van der Waals surface area contributed by atoms with Gasteiger partial charge in [-0.1, -0.05) is 48.5 Å². The molecule has 1 aliphatic rings. The maximum Gasteiger partial charge on any atom is 0.410 e. The highest BCUT2D eigenvalue weighted by Gasteiger charge is 2.39. The van der Waals surface area contributed by atoms with Crippen LogP contribution < -0.4 is 5.32 Å². The maximum atomic E-state index is 12.9. The number of amides is 2. The third kappa shape index (κ3) is 4.15. The fraction of sp³-hybridized carbons (Fsp3) is 0.348. The van der Waals surface area contributed by atoms with E-state index in [9.17, 15) is 19.5 Å². The minimum Gasteiger partial charge on any atom is -0.480 e. The molecule has 3 rings (SSSR count). The van der Waals surface area contributed by atoms with Crippen molar-refractivity contribution in [2.75, 3.05) is 19.7 Å². The molecular formula is C23H26N2O5. The lowest BCUT2D eigenvalue weighted by molar-refractivity contribution is -0.148. The smallest absolute Gasteiger partial charge is 0.410 e. The molecule has 158 valence electrons. The Hall–Kier alpha value is -3.35. The summed E-state index contributed by atoms with van der Waals surface area (Å²) >= 11 is 0. The Balaban J connectivity index is 1.78. The molecule has 0 heterocycles. The fourth-order valence-electron chi connectivity index (χ4n) is 3.73. The van der Waals surface area contributed by atoms with Gasteiger partial charge in [0.1, 0.15) is 12.1 Å². The summed E-state index contributed by atoms with van der Waals surface area (Å²) in [5, 5.41) is 12.2. The highest BCUT2D eigenvalue weighted by atomic mass is 16.6. The van der Waals surface area contributed by atoms with E-state index in [2.05, 4.69) is 5.32 Å². The largest absolute Gasteiger partial charge is 0.480 e. The zero-order chi connectivity index (χ0) is 21.9. The number of carbonyl (C=O) groups is 3. The molecule has 0 saturated heterocycles. The predicted octanol–water partition coefficient (Wildman–Crippen LogP) is 3.24. The highest BCUT2D eigenvalue weighted by Crippen LogP contribution is 2.44. The first-order valence-corrected chi connectivity index (χ1v) is 9.84. The van der Waals surface area contributed by atoms with Gasteiger partial charge in [-0.05, 0) is 36.1 Å². The van der Waals surface area contributed by atoms with Gasteiger partial charge < -0.3 is 15.2 Å². The van der Waals surface area contributed by atoms with E-state index in [0.29, 0.717) is 0 Å². The summed E-state index contributed by atoms with van der Waals surface area (Å²) in [6, 6.07) is 16.0. The number of rotatable bonds is 7. The van der Waals surface area contributed by atoms with Gasteiger partial charge in [0, 0.05) is 25.9 Å². The van der Waals surface area contributed by atoms with E-state index in [0.717, 1.165) is 27.2 Å². The molecular weight excluding hydrogens is 384 g/mol. The third-order valence-electron chi connectivity index (χ3n) is 5.46. The van der Waals surface area contributed by atoms with Gasteiger partial charge in [-0.2, -0.15) is 0 Å². The molecule has 2 amide bonds. The first-order valence-electron chi connectivity index (χ1n) is 9.84. The lowest BCUT2D eigenvalue weighted by Gasteiger charge is -2.34. The van der Waals surface area contributed by atoms with Gasteiger partial charge in [0.2, 0.25) is 5.91 Å². The van der Waals surface area contributed by atoms with Crippen LogP contribution in [-0.2, 0) is 14.3 Å². The van der Waals surface area contributed by atoms with Crippen molar-refractivity contribution in [1.29, 1.82) is 0 Å². The number of aliphatic carboxylic acids is 1. The van der Waals surface area contributed by atoms with E-state index < -0.39 is 17.6 Å². The Labute approximate surface area is 175 Å². The molecule has 0 atom stereocenters. The molecule has 30 heavy (non-hydrogen) atoms. The number of carbonyl (C=O) groups excluding carboxylic acids is 2. The van der Waals surface area contributed by atoms with Gasteiger partial charge in [0.25, 0.3) is 0 Å². The second kappa shape index (κ2) is 8.57. The molecule has 0 aliphatic heterocycles. The highest BCUT2D eigenvalue weighted by molar-refractivity contribution is 5.84. The van der Waals surface area contributed by atoms with Crippen LogP contribution in [0.4, 0.5) is 4.79 Å². The summed E-state index contributed by atoms with van der Waals surface area (Å²) in [5.41, 5.74) is 2.90. The number of carboxylic acids is 1. The van der Waals surface area contributed by atoms with E-state index in [1.54, 1.807) is 0 Å². The van der Waals surface area contributed by atoms with Crippen LogP contribution in [0.1, 0.15) is 37.8 Å². The van der Waals surface area contributed by atoms with Crippen molar-refractivity contribution in [3.05, 3.63) is 59.7 Å². The van der Waals surface area contributed by atoms with Crippen molar-refractivity contribution in [2.45, 2.75) is 32.2 Å². The van der Waals surface area contributed by atoms with Gasteiger partial charge in [0.05, 0.1) is 0 Å². The van der Waals surface area contributed by atoms with E-state index in [1.807, 2.05) is 48.5 Å². The molecule has 0 unspecified atom stereocenters. The Kier molecular flexibility index (Phi) is 6.10. The van der Waals surface area contributed by atoms with Crippen molar-refractivity contribution >= 4 is 18.0 Å². The first-order chi connectivity index (χ1) is 14.2. The standard InChI is InChI=1S/C23H26N2O5/c1-15(26)24-12-13-25(23(2,3)21(27)28)22(29)30-14-20-18-10-6-4-8-16(18)17-9-5-7-11-19(17)20/h4-11,20H,12-14H2,1-3H3,(H,24,26)(H,27,28). The zero-order valence-electron chi connectivity index (χ0n) is 17.3. The van der Waals surface area contributed by atoms with Crippen LogP contribution in [0.5, 0.6) is 0 Å². The average Bonchev–Trinajstić information content (AvgIpc) is 3.03. The van der Waals surface area contributed by atoms with E-state index in [1.165, 1.54) is 20.8 Å². The molecule has 0 spiro atoms. The molecule has 7 heteroatoms. The monoisotopic (exact) mass is 410 g/mol. The lowest BCUT2D eigenvalue weighted by Crippen LogP contribution is -2.55. The Morgan fingerprint density at radius 2 is 1.57 bits per heavy atom. The van der Waals surface area contributed by atoms with E-state index >= 15 is 0 Å². The van der Waals surface area contributed by atoms with Gasteiger partial charge in [-0.25, -0.2) is 9.59 Å². The van der Waals surface area contributed by atoms with Crippen LogP contribution >= 0.6 is 0 Å². The molecule has 2 aromatic carbocycles. The van der Waals surface area contributed by atoms with Crippen molar-refractivity contribution in [3.8, 4) is 11.1 Å². The van der Waals surface area contributed by atoms with Crippen molar-refractivity contribution < 1.29 is 24.2 Å². The zero-order valence-corrected chi connectivity index (χ0v) is 17.3. The average molecular weight is 410 g/mol. The Morgan fingerprint density at radius 3 is 2.07 bits per heavy atom. The number of nitrogens with one attached hydrogen (secondary N) is 1. The summed E-state index contributed by atoms with van der Waals surface area (Å²) in [6.45, 7) is 4.49. The summed E-state index contributed by atoms with van der Waals surface area (Å²) < 4.78 is 5.61. The molecule has 7 nitrogen and oxygen atoms in total. The molecule has 0 aromatic heterocycles. The van der Waals surface area contributed by atoms with Crippen molar-refractivity contribution in [2.24, 2.45) is 0 Å². The number of ether oxygens (including phenoxy) is 1. The number of hydrogen-bond donors (Lipinski definition) is 2. The Bertz CT molecular complexity index is 924. The number of hydrogen-bond acceptors (Lipinski definition) is 4. The summed E-state index contributed by atoms with van der Waals surface area (Å²) in [4.78, 5) is 36.9. The van der Waals surface area contributed by atoms with Crippen molar-refractivity contribution in [1.82, 2.24) is 10.2 Å².